The van der Waals surface area contributed by atoms with Gasteiger partial charge in [-0.25, -0.2) is 0 Å². The summed E-state index contributed by atoms with van der Waals surface area (Å²) >= 11 is 0. The molecule has 0 amide bonds. The second-order valence-electron chi connectivity index (χ2n) is 3.53. The van der Waals surface area contributed by atoms with Gasteiger partial charge in [-0.05, 0) is 18.5 Å². The second kappa shape index (κ2) is 6.19. The van der Waals surface area contributed by atoms with Crippen LogP contribution in [0.5, 0.6) is 0 Å². The highest BCUT2D eigenvalue weighted by Crippen LogP contribution is 2.08. The minimum Gasteiger partial charge on any atom is -0.481 e. The molecule has 0 saturated heterocycles. The van der Waals surface area contributed by atoms with Gasteiger partial charge in [0.25, 0.3) is 0 Å². The number of carboxylic acid groups (broad SMARTS) is 1. The largest absolute Gasteiger partial charge is 0.481 e. The summed E-state index contributed by atoms with van der Waals surface area (Å²) in [7, 11) is 0. The average Bonchev–Trinajstić information content (AvgIpc) is 2.25. The van der Waals surface area contributed by atoms with E-state index in [-0.39, 0.29) is 5.92 Å². The molecule has 0 bridgehead atoms. The first-order valence-corrected chi connectivity index (χ1v) is 5.21. The van der Waals surface area contributed by atoms with E-state index in [9.17, 15) is 4.79 Å². The lowest BCUT2D eigenvalue weighted by molar-refractivity contribution is -0.141. The predicted molar refractivity (Wildman–Crippen MR) is 59.8 cm³/mol. The van der Waals surface area contributed by atoms with Gasteiger partial charge in [0, 0.05) is 6.54 Å². The van der Waals surface area contributed by atoms with Gasteiger partial charge >= 0.3 is 5.97 Å². The molecule has 0 unspecified atom stereocenters. The Labute approximate surface area is 90.1 Å². The molecule has 1 atom stereocenters. The molecule has 0 aliphatic carbocycles. The minimum atomic E-state index is -0.736. The van der Waals surface area contributed by atoms with Crippen molar-refractivity contribution in [2.45, 2.75) is 13.3 Å². The van der Waals surface area contributed by atoms with Crippen LogP contribution in [0.3, 0.4) is 0 Å². The van der Waals surface area contributed by atoms with Crippen LogP contribution in [0.1, 0.15) is 12.5 Å². The fraction of sp³-hybridized carbons (Fsp3) is 0.417. The number of nitrogens with one attached hydrogen (secondary N) is 1. The quantitative estimate of drug-likeness (QED) is 0.744. The molecule has 1 rings (SSSR count). The zero-order valence-corrected chi connectivity index (χ0v) is 8.94. The van der Waals surface area contributed by atoms with Crippen LogP contribution < -0.4 is 5.32 Å². The molecule has 82 valence electrons. The molecule has 0 heterocycles. The Morgan fingerprint density at radius 1 is 1.40 bits per heavy atom. The van der Waals surface area contributed by atoms with Gasteiger partial charge in [-0.1, -0.05) is 37.3 Å². The zero-order valence-electron chi connectivity index (χ0n) is 8.94. The number of hydrogen-bond donors (Lipinski definition) is 2. The van der Waals surface area contributed by atoms with E-state index in [0.717, 1.165) is 12.1 Å². The van der Waals surface area contributed by atoms with E-state index in [4.69, 9.17) is 5.11 Å². The molecular formula is C12H17NO2. The molecule has 0 aliphatic heterocycles. The van der Waals surface area contributed by atoms with E-state index in [1.54, 1.807) is 0 Å². The number of benzene rings is 1. The van der Waals surface area contributed by atoms with Crippen LogP contribution in [0.15, 0.2) is 30.3 Å². The first-order chi connectivity index (χ1) is 7.24. The van der Waals surface area contributed by atoms with E-state index >= 15 is 0 Å². The maximum absolute atomic E-state index is 11.0. The zero-order chi connectivity index (χ0) is 11.1. The van der Waals surface area contributed by atoms with Crippen LogP contribution in [-0.4, -0.2) is 24.2 Å². The van der Waals surface area contributed by atoms with E-state index in [2.05, 4.69) is 5.32 Å². The Morgan fingerprint density at radius 2 is 2.07 bits per heavy atom. The number of rotatable bonds is 6. The third-order valence-corrected chi connectivity index (χ3v) is 2.31. The molecule has 15 heavy (non-hydrogen) atoms. The molecule has 0 saturated carbocycles. The van der Waals surface area contributed by atoms with Crippen molar-refractivity contribution in [3.8, 4) is 0 Å². The van der Waals surface area contributed by atoms with Crippen molar-refractivity contribution >= 4 is 5.97 Å². The highest BCUT2D eigenvalue weighted by Gasteiger charge is 2.16. The molecule has 0 spiro atoms. The van der Waals surface area contributed by atoms with Crippen LogP contribution >= 0.6 is 0 Å². The van der Waals surface area contributed by atoms with Crippen molar-refractivity contribution in [2.75, 3.05) is 13.1 Å². The van der Waals surface area contributed by atoms with Crippen LogP contribution in [0, 0.1) is 5.92 Å². The Hall–Kier alpha value is -1.35. The molecule has 0 fully saturated rings. The maximum Gasteiger partial charge on any atom is 0.308 e. The van der Waals surface area contributed by atoms with E-state index in [0.29, 0.717) is 13.0 Å². The van der Waals surface area contributed by atoms with Crippen LogP contribution in [-0.2, 0) is 11.2 Å². The van der Waals surface area contributed by atoms with Crippen molar-refractivity contribution in [3.05, 3.63) is 35.9 Å². The standard InChI is InChI=1S/C12H17NO2/c1-2-13-9-11(12(14)15)8-10-6-4-3-5-7-10/h3-7,11,13H,2,8-9H2,1H3,(H,14,15)/t11-/m1/s1. The minimum absolute atomic E-state index is 0.340. The van der Waals surface area contributed by atoms with Gasteiger partial charge < -0.3 is 10.4 Å². The normalized spacial score (nSPS) is 12.3. The number of aliphatic carboxylic acids is 1. The van der Waals surface area contributed by atoms with E-state index < -0.39 is 5.97 Å². The van der Waals surface area contributed by atoms with Crippen molar-refractivity contribution in [1.82, 2.24) is 5.32 Å². The second-order valence-corrected chi connectivity index (χ2v) is 3.53. The topological polar surface area (TPSA) is 49.3 Å². The first kappa shape index (κ1) is 11.7. The third-order valence-electron chi connectivity index (χ3n) is 2.31. The summed E-state index contributed by atoms with van der Waals surface area (Å²) in [6.07, 6.45) is 0.586. The smallest absolute Gasteiger partial charge is 0.308 e. The third kappa shape index (κ3) is 4.13. The Bertz CT molecular complexity index is 298. The summed E-state index contributed by atoms with van der Waals surface area (Å²) in [6, 6.07) is 9.72. The SMILES string of the molecule is CCNC[C@@H](Cc1ccccc1)C(=O)O. The lowest BCUT2D eigenvalue weighted by Gasteiger charge is -2.12. The lowest BCUT2D eigenvalue weighted by Crippen LogP contribution is -2.29. The van der Waals surface area contributed by atoms with Gasteiger partial charge in [0.05, 0.1) is 5.92 Å². The summed E-state index contributed by atoms with van der Waals surface area (Å²) in [5, 5.41) is 12.1. The van der Waals surface area contributed by atoms with Crippen molar-refractivity contribution in [3.63, 3.8) is 0 Å². The summed E-state index contributed by atoms with van der Waals surface area (Å²) < 4.78 is 0. The maximum atomic E-state index is 11.0. The summed E-state index contributed by atoms with van der Waals surface area (Å²) in [5.74, 6) is -1.08. The number of carboxylic acids is 1. The molecule has 2 N–H and O–H groups in total. The van der Waals surface area contributed by atoms with Gasteiger partial charge in [-0.15, -0.1) is 0 Å². The molecule has 3 heteroatoms. The molecule has 1 aromatic rings. The fourth-order valence-electron chi connectivity index (χ4n) is 1.46. The molecule has 1 aromatic carbocycles. The Morgan fingerprint density at radius 3 is 2.60 bits per heavy atom. The van der Waals surface area contributed by atoms with Gasteiger partial charge in [0.15, 0.2) is 0 Å². The van der Waals surface area contributed by atoms with E-state index in [1.165, 1.54) is 0 Å². The van der Waals surface area contributed by atoms with Gasteiger partial charge in [0.2, 0.25) is 0 Å². The van der Waals surface area contributed by atoms with E-state index in [1.807, 2.05) is 37.3 Å². The van der Waals surface area contributed by atoms with Crippen LogP contribution in [0.4, 0.5) is 0 Å². The monoisotopic (exact) mass is 207 g/mol. The Balaban J connectivity index is 2.55. The first-order valence-electron chi connectivity index (χ1n) is 5.21. The lowest BCUT2D eigenvalue weighted by atomic mass is 9.99. The summed E-state index contributed by atoms with van der Waals surface area (Å²) in [4.78, 5) is 11.0. The molecule has 0 aliphatic rings. The number of hydrogen-bond acceptors (Lipinski definition) is 2. The van der Waals surface area contributed by atoms with Gasteiger partial charge in [0.1, 0.15) is 0 Å². The molecule has 0 radical (unpaired) electrons. The van der Waals surface area contributed by atoms with Gasteiger partial charge in [-0.3, -0.25) is 4.79 Å². The predicted octanol–water partition coefficient (Wildman–Crippen LogP) is 1.54. The highest BCUT2D eigenvalue weighted by molar-refractivity contribution is 5.70. The molecular weight excluding hydrogens is 190 g/mol. The summed E-state index contributed by atoms with van der Waals surface area (Å²) in [6.45, 7) is 3.31. The molecule has 0 aromatic heterocycles. The summed E-state index contributed by atoms with van der Waals surface area (Å²) in [5.41, 5.74) is 1.07. The fourth-order valence-corrected chi connectivity index (χ4v) is 1.46. The highest BCUT2D eigenvalue weighted by atomic mass is 16.4. The Kier molecular flexibility index (Phi) is 4.84. The molecule has 3 nitrogen and oxygen atoms in total. The van der Waals surface area contributed by atoms with Crippen LogP contribution in [0.2, 0.25) is 0 Å². The van der Waals surface area contributed by atoms with Crippen LogP contribution in [0.25, 0.3) is 0 Å². The van der Waals surface area contributed by atoms with Crippen molar-refractivity contribution in [2.24, 2.45) is 5.92 Å². The van der Waals surface area contributed by atoms with Crippen molar-refractivity contribution < 1.29 is 9.90 Å². The van der Waals surface area contributed by atoms with Gasteiger partial charge in [-0.2, -0.15) is 0 Å². The average molecular weight is 207 g/mol. The van der Waals surface area contributed by atoms with Crippen molar-refractivity contribution in [1.29, 1.82) is 0 Å². The number of carbonyl (C=O) groups is 1.